The summed E-state index contributed by atoms with van der Waals surface area (Å²) in [5.74, 6) is -0.376. The Bertz CT molecular complexity index is 1130. The lowest BCUT2D eigenvalue weighted by atomic mass is 10.1. The SMILES string of the molecule is Cc1nc(-c2ccc(S(=O)(=O)NCCC(C)(I)C(=O)OCc3ccccc3)cc2)cs1. The van der Waals surface area contributed by atoms with Crippen LogP contribution in [0.4, 0.5) is 0 Å². The Labute approximate surface area is 200 Å². The van der Waals surface area contributed by atoms with Crippen molar-refractivity contribution in [2.24, 2.45) is 0 Å². The van der Waals surface area contributed by atoms with Crippen LogP contribution >= 0.6 is 33.9 Å². The van der Waals surface area contributed by atoms with Crippen LogP contribution in [0.3, 0.4) is 0 Å². The molecule has 1 atom stereocenters. The molecule has 31 heavy (non-hydrogen) atoms. The van der Waals surface area contributed by atoms with E-state index in [1.54, 1.807) is 42.5 Å². The van der Waals surface area contributed by atoms with Gasteiger partial charge in [0.1, 0.15) is 10.0 Å². The van der Waals surface area contributed by atoms with Gasteiger partial charge in [0.25, 0.3) is 0 Å². The number of halogens is 1. The van der Waals surface area contributed by atoms with Gasteiger partial charge in [-0.2, -0.15) is 0 Å². The summed E-state index contributed by atoms with van der Waals surface area (Å²) in [6.45, 7) is 3.97. The molecule has 1 unspecified atom stereocenters. The fourth-order valence-corrected chi connectivity index (χ4v) is 4.86. The molecule has 0 aliphatic rings. The molecule has 0 amide bonds. The monoisotopic (exact) mass is 570 g/mol. The van der Waals surface area contributed by atoms with Crippen LogP contribution < -0.4 is 4.72 Å². The molecule has 3 aromatic rings. The van der Waals surface area contributed by atoms with Gasteiger partial charge in [-0.05, 0) is 38.0 Å². The predicted octanol–water partition coefficient (Wildman–Crippen LogP) is 4.72. The number of alkyl halides is 1. The Hall–Kier alpha value is -1.82. The molecule has 0 saturated heterocycles. The molecule has 3 rings (SSSR count). The Morgan fingerprint density at radius 2 is 1.84 bits per heavy atom. The molecule has 9 heteroatoms. The van der Waals surface area contributed by atoms with Crippen LogP contribution in [0.25, 0.3) is 11.3 Å². The molecule has 1 N–H and O–H groups in total. The van der Waals surface area contributed by atoms with E-state index in [-0.39, 0.29) is 24.0 Å². The van der Waals surface area contributed by atoms with E-state index < -0.39 is 13.4 Å². The maximum Gasteiger partial charge on any atom is 0.322 e. The average Bonchev–Trinajstić information content (AvgIpc) is 3.19. The second-order valence-electron chi connectivity index (χ2n) is 7.18. The van der Waals surface area contributed by atoms with Gasteiger partial charge in [0.05, 0.1) is 15.6 Å². The van der Waals surface area contributed by atoms with E-state index in [0.717, 1.165) is 21.8 Å². The smallest absolute Gasteiger partial charge is 0.322 e. The summed E-state index contributed by atoms with van der Waals surface area (Å²) in [7, 11) is -3.68. The zero-order chi connectivity index (χ0) is 22.5. The van der Waals surface area contributed by atoms with E-state index in [1.165, 1.54) is 0 Å². The summed E-state index contributed by atoms with van der Waals surface area (Å²) in [5, 5.41) is 2.90. The number of hydrogen-bond donors (Lipinski definition) is 1. The summed E-state index contributed by atoms with van der Waals surface area (Å²) >= 11 is 3.55. The first kappa shape index (κ1) is 23.8. The second kappa shape index (κ2) is 10.2. The molecule has 1 heterocycles. The number of nitrogens with one attached hydrogen (secondary N) is 1. The number of thiazole rings is 1. The highest BCUT2D eigenvalue weighted by Gasteiger charge is 2.32. The Balaban J connectivity index is 1.53. The lowest BCUT2D eigenvalue weighted by molar-refractivity contribution is -0.147. The number of ether oxygens (including phenoxy) is 1. The number of carbonyl (C=O) groups is 1. The molecule has 0 fully saturated rings. The molecular formula is C22H23IN2O4S2. The third kappa shape index (κ3) is 6.58. The largest absolute Gasteiger partial charge is 0.460 e. The number of rotatable bonds is 9. The maximum atomic E-state index is 12.6. The van der Waals surface area contributed by atoms with E-state index in [4.69, 9.17) is 4.74 Å². The number of hydrogen-bond acceptors (Lipinski definition) is 6. The van der Waals surface area contributed by atoms with Gasteiger partial charge < -0.3 is 4.74 Å². The van der Waals surface area contributed by atoms with Gasteiger partial charge in [0, 0.05) is 17.5 Å². The summed E-state index contributed by atoms with van der Waals surface area (Å²) in [6.07, 6.45) is 0.302. The van der Waals surface area contributed by atoms with Crippen LogP contribution in [-0.2, 0) is 26.2 Å². The first-order valence-electron chi connectivity index (χ1n) is 9.60. The van der Waals surface area contributed by atoms with E-state index in [9.17, 15) is 13.2 Å². The van der Waals surface area contributed by atoms with Gasteiger partial charge in [-0.3, -0.25) is 4.79 Å². The van der Waals surface area contributed by atoms with E-state index in [1.807, 2.05) is 65.2 Å². The van der Waals surface area contributed by atoms with Crippen molar-refractivity contribution in [3.05, 3.63) is 70.5 Å². The van der Waals surface area contributed by atoms with Gasteiger partial charge in [-0.1, -0.05) is 65.1 Å². The van der Waals surface area contributed by atoms with Crippen molar-refractivity contribution in [3.63, 3.8) is 0 Å². The van der Waals surface area contributed by atoms with E-state index in [2.05, 4.69) is 9.71 Å². The Kier molecular flexibility index (Phi) is 7.84. The highest BCUT2D eigenvalue weighted by atomic mass is 127. The van der Waals surface area contributed by atoms with Crippen LogP contribution in [0.1, 0.15) is 23.9 Å². The van der Waals surface area contributed by atoms with Crippen LogP contribution in [-0.4, -0.2) is 29.3 Å². The third-order valence-electron chi connectivity index (χ3n) is 4.60. The molecule has 0 saturated carbocycles. The molecule has 164 valence electrons. The third-order valence-corrected chi connectivity index (χ3v) is 7.83. The lowest BCUT2D eigenvalue weighted by Crippen LogP contribution is -2.35. The van der Waals surface area contributed by atoms with Crippen molar-refractivity contribution in [2.45, 2.75) is 35.2 Å². The summed E-state index contributed by atoms with van der Waals surface area (Å²) in [6, 6.07) is 16.0. The molecule has 1 aromatic heterocycles. The predicted molar refractivity (Wildman–Crippen MR) is 131 cm³/mol. The quantitative estimate of drug-likeness (QED) is 0.229. The maximum absolute atomic E-state index is 12.6. The Morgan fingerprint density at radius 1 is 1.16 bits per heavy atom. The highest BCUT2D eigenvalue weighted by Crippen LogP contribution is 2.26. The molecule has 6 nitrogen and oxygen atoms in total. The van der Waals surface area contributed by atoms with Crippen molar-refractivity contribution >= 4 is 49.9 Å². The van der Waals surface area contributed by atoms with Crippen molar-refractivity contribution < 1.29 is 17.9 Å². The highest BCUT2D eigenvalue weighted by molar-refractivity contribution is 14.1. The Morgan fingerprint density at radius 3 is 2.45 bits per heavy atom. The molecule has 0 radical (unpaired) electrons. The second-order valence-corrected chi connectivity index (χ2v) is 12.4. The minimum atomic E-state index is -3.68. The topological polar surface area (TPSA) is 85.4 Å². The van der Waals surface area contributed by atoms with Gasteiger partial charge in [0.2, 0.25) is 10.0 Å². The van der Waals surface area contributed by atoms with Crippen molar-refractivity contribution in [3.8, 4) is 11.3 Å². The molecule has 2 aromatic carbocycles. The van der Waals surface area contributed by atoms with Gasteiger partial charge in [0.15, 0.2) is 0 Å². The minimum Gasteiger partial charge on any atom is -0.460 e. The summed E-state index contributed by atoms with van der Waals surface area (Å²) < 4.78 is 32.3. The lowest BCUT2D eigenvalue weighted by Gasteiger charge is -2.21. The fraction of sp³-hybridized carbons (Fsp3) is 0.273. The molecule has 0 aliphatic heterocycles. The van der Waals surface area contributed by atoms with Crippen molar-refractivity contribution in [1.29, 1.82) is 0 Å². The number of aromatic nitrogens is 1. The van der Waals surface area contributed by atoms with Gasteiger partial charge >= 0.3 is 5.97 Å². The number of carbonyl (C=O) groups excluding carboxylic acids is 1. The van der Waals surface area contributed by atoms with Crippen molar-refractivity contribution in [1.82, 2.24) is 9.71 Å². The average molecular weight is 570 g/mol. The van der Waals surface area contributed by atoms with Gasteiger partial charge in [-0.15, -0.1) is 11.3 Å². The van der Waals surface area contributed by atoms with Crippen LogP contribution in [0.5, 0.6) is 0 Å². The number of esters is 1. The molecular weight excluding hydrogens is 547 g/mol. The first-order valence-corrected chi connectivity index (χ1v) is 13.0. The van der Waals surface area contributed by atoms with Gasteiger partial charge in [-0.25, -0.2) is 18.1 Å². The summed E-state index contributed by atoms with van der Waals surface area (Å²) in [5.41, 5.74) is 2.60. The zero-order valence-corrected chi connectivity index (χ0v) is 21.0. The molecule has 0 spiro atoms. The summed E-state index contributed by atoms with van der Waals surface area (Å²) in [4.78, 5) is 17.0. The number of sulfonamides is 1. The standard InChI is InChI=1S/C22H23IN2O4S2/c1-16-25-20(15-30-16)18-8-10-19(11-9-18)31(27,28)24-13-12-22(2,23)21(26)29-14-17-6-4-3-5-7-17/h3-11,15,24H,12-14H2,1-2H3. The first-order chi connectivity index (χ1) is 14.7. The zero-order valence-electron chi connectivity index (χ0n) is 17.2. The van der Waals surface area contributed by atoms with E-state index in [0.29, 0.717) is 6.42 Å². The number of nitrogens with zero attached hydrogens (tertiary/aromatic N) is 1. The van der Waals surface area contributed by atoms with Crippen molar-refractivity contribution in [2.75, 3.05) is 6.54 Å². The van der Waals surface area contributed by atoms with Crippen LogP contribution in [0, 0.1) is 6.92 Å². The number of benzene rings is 2. The van der Waals surface area contributed by atoms with Crippen LogP contribution in [0.15, 0.2) is 64.9 Å². The van der Waals surface area contributed by atoms with E-state index >= 15 is 0 Å². The minimum absolute atomic E-state index is 0.120. The normalized spacial score (nSPS) is 13.5. The van der Waals surface area contributed by atoms with Crippen LogP contribution in [0.2, 0.25) is 0 Å². The molecule has 0 aliphatic carbocycles. The fourth-order valence-electron chi connectivity index (χ4n) is 2.78. The molecule has 0 bridgehead atoms. The number of aryl methyl sites for hydroxylation is 1.